The summed E-state index contributed by atoms with van der Waals surface area (Å²) in [7, 11) is 0. The first-order chi connectivity index (χ1) is 17.6. The zero-order chi connectivity index (χ0) is 27.2. The van der Waals surface area contributed by atoms with E-state index in [1.165, 1.54) is 6.20 Å². The first-order valence-electron chi connectivity index (χ1n) is 12.2. The number of hydrogen-bond acceptors (Lipinski definition) is 7. The molecule has 1 aromatic heterocycles. The van der Waals surface area contributed by atoms with Gasteiger partial charge in [0.05, 0.1) is 23.6 Å². The second kappa shape index (κ2) is 13.1. The number of nitrogens with zero attached hydrogens (tertiary/aromatic N) is 4. The lowest BCUT2D eigenvalue weighted by Crippen LogP contribution is -2.35. The van der Waals surface area contributed by atoms with Crippen LogP contribution < -0.4 is 5.32 Å². The molecule has 6 nitrogen and oxygen atoms in total. The first kappa shape index (κ1) is 29.4. The smallest absolute Gasteiger partial charge is 0.392 e. The number of rotatable bonds is 9. The Labute approximate surface area is 225 Å². The minimum Gasteiger partial charge on any atom is -0.392 e. The third kappa shape index (κ3) is 7.69. The summed E-state index contributed by atoms with van der Waals surface area (Å²) in [6.07, 6.45) is 2.13. The zero-order valence-corrected chi connectivity index (χ0v) is 23.0. The van der Waals surface area contributed by atoms with Crippen molar-refractivity contribution < 1.29 is 18.3 Å². The van der Waals surface area contributed by atoms with Gasteiger partial charge in [-0.05, 0) is 55.6 Å². The Bertz CT molecular complexity index is 1130. The highest BCUT2D eigenvalue weighted by Crippen LogP contribution is 2.34. The van der Waals surface area contributed by atoms with Gasteiger partial charge < -0.3 is 10.4 Å². The summed E-state index contributed by atoms with van der Waals surface area (Å²) >= 11 is 8.15. The second-order valence-corrected chi connectivity index (χ2v) is 10.4. The molecule has 0 amide bonds. The van der Waals surface area contributed by atoms with E-state index >= 15 is 0 Å². The molecule has 37 heavy (non-hydrogen) atoms. The lowest BCUT2D eigenvalue weighted by Gasteiger charge is -2.30. The number of anilines is 1. The van der Waals surface area contributed by atoms with Gasteiger partial charge in [-0.2, -0.15) is 13.2 Å². The Morgan fingerprint density at radius 2 is 2.05 bits per heavy atom. The summed E-state index contributed by atoms with van der Waals surface area (Å²) in [6, 6.07) is 5.29. The number of alkyl halides is 3. The zero-order valence-electron chi connectivity index (χ0n) is 21.4. The van der Waals surface area contributed by atoms with Crippen LogP contribution in [0.1, 0.15) is 62.4 Å². The standard InChI is InChI=1S/C26H33ClF3N5OS/c1-5-16(2)23(20-7-6-18(15-36)12-22(20)27)31-13-17(3)24-21(26(28,29)30)14-32-25(34-24)33-19-8-10-35(37-4)11-9-19/h6-7,12-14,16,19,36H,5,8-11,15H2,1-4H3,(H,32,33,34)/b17-13+,31-23?. The number of hydrogen-bond donors (Lipinski definition) is 2. The Hall–Kier alpha value is -2.14. The molecule has 2 heterocycles. The van der Waals surface area contributed by atoms with E-state index in [2.05, 4.69) is 24.6 Å². The van der Waals surface area contributed by atoms with Gasteiger partial charge in [0.15, 0.2) is 0 Å². The number of aromatic nitrogens is 2. The van der Waals surface area contributed by atoms with Gasteiger partial charge in [0.1, 0.15) is 0 Å². The molecule has 11 heteroatoms. The third-order valence-corrected chi connectivity index (χ3v) is 7.68. The van der Waals surface area contributed by atoms with E-state index < -0.39 is 11.7 Å². The highest BCUT2D eigenvalue weighted by atomic mass is 35.5. The summed E-state index contributed by atoms with van der Waals surface area (Å²) in [5, 5.41) is 13.0. The molecule has 202 valence electrons. The van der Waals surface area contributed by atoms with Crippen molar-refractivity contribution >= 4 is 40.8 Å². The topological polar surface area (TPSA) is 73.6 Å². The summed E-state index contributed by atoms with van der Waals surface area (Å²) in [5.41, 5.74) is 1.14. The van der Waals surface area contributed by atoms with E-state index in [4.69, 9.17) is 11.6 Å². The van der Waals surface area contributed by atoms with Gasteiger partial charge in [0, 0.05) is 42.1 Å². The molecule has 1 aromatic carbocycles. The fraction of sp³-hybridized carbons (Fsp3) is 0.500. The average Bonchev–Trinajstić information content (AvgIpc) is 2.88. The van der Waals surface area contributed by atoms with E-state index in [1.807, 2.05) is 20.1 Å². The molecule has 0 bridgehead atoms. The van der Waals surface area contributed by atoms with Crippen LogP contribution in [0.4, 0.5) is 19.1 Å². The molecule has 1 unspecified atom stereocenters. The molecule has 3 rings (SSSR count). The summed E-state index contributed by atoms with van der Waals surface area (Å²) < 4.78 is 43.8. The Morgan fingerprint density at radius 3 is 2.62 bits per heavy atom. The summed E-state index contributed by atoms with van der Waals surface area (Å²) in [5.74, 6) is 0.172. The fourth-order valence-electron chi connectivity index (χ4n) is 4.07. The fourth-order valence-corrected chi connectivity index (χ4v) is 4.95. The van der Waals surface area contributed by atoms with Gasteiger partial charge in [0.25, 0.3) is 0 Å². The highest BCUT2D eigenvalue weighted by Gasteiger charge is 2.35. The molecule has 1 aliphatic rings. The van der Waals surface area contributed by atoms with Crippen molar-refractivity contribution in [3.63, 3.8) is 0 Å². The van der Waals surface area contributed by atoms with Gasteiger partial charge >= 0.3 is 6.18 Å². The third-order valence-electron chi connectivity index (χ3n) is 6.48. The van der Waals surface area contributed by atoms with Crippen LogP contribution in [0.15, 0.2) is 35.6 Å². The van der Waals surface area contributed by atoms with Crippen LogP contribution in [0.25, 0.3) is 5.57 Å². The predicted molar refractivity (Wildman–Crippen MR) is 146 cm³/mol. The molecule has 0 saturated carbocycles. The molecular formula is C26H33ClF3N5OS. The first-order valence-corrected chi connectivity index (χ1v) is 13.8. The van der Waals surface area contributed by atoms with Crippen LogP contribution in [0.3, 0.4) is 0 Å². The Balaban J connectivity index is 1.97. The predicted octanol–water partition coefficient (Wildman–Crippen LogP) is 6.69. The normalized spacial score (nSPS) is 17.2. The quantitative estimate of drug-likeness (QED) is 0.265. The Kier molecular flexibility index (Phi) is 10.4. The van der Waals surface area contributed by atoms with Crippen molar-refractivity contribution in [3.05, 3.63) is 58.0 Å². The maximum absolute atomic E-state index is 13.8. The van der Waals surface area contributed by atoms with E-state index in [9.17, 15) is 18.3 Å². The van der Waals surface area contributed by atoms with Gasteiger partial charge in [-0.3, -0.25) is 9.30 Å². The second-order valence-electron chi connectivity index (χ2n) is 9.09. The van der Waals surface area contributed by atoms with Gasteiger partial charge in [0.2, 0.25) is 5.95 Å². The number of piperidine rings is 1. The van der Waals surface area contributed by atoms with Crippen molar-refractivity contribution in [2.24, 2.45) is 10.9 Å². The van der Waals surface area contributed by atoms with Crippen molar-refractivity contribution in [3.8, 4) is 0 Å². The summed E-state index contributed by atoms with van der Waals surface area (Å²) in [6.45, 7) is 7.18. The molecule has 1 aliphatic heterocycles. The SMILES string of the molecule is CCC(C)C(=N/C=C(\C)c1nc(NC2CCN(SC)CC2)ncc1C(F)(F)F)c1ccc(CO)cc1Cl. The minimum atomic E-state index is -4.61. The number of aliphatic imine (C=N–C) groups is 1. The largest absolute Gasteiger partial charge is 0.419 e. The number of aliphatic hydroxyl groups excluding tert-OH is 1. The van der Waals surface area contributed by atoms with E-state index in [0.29, 0.717) is 21.9 Å². The number of halogens is 4. The van der Waals surface area contributed by atoms with Crippen molar-refractivity contribution in [2.45, 2.75) is 58.9 Å². The van der Waals surface area contributed by atoms with Gasteiger partial charge in [-0.15, -0.1) is 0 Å². The molecule has 2 N–H and O–H groups in total. The van der Waals surface area contributed by atoms with E-state index in [0.717, 1.165) is 38.5 Å². The van der Waals surface area contributed by atoms with Gasteiger partial charge in [-0.1, -0.05) is 49.5 Å². The van der Waals surface area contributed by atoms with Crippen LogP contribution in [0, 0.1) is 5.92 Å². The number of benzene rings is 1. The lowest BCUT2D eigenvalue weighted by atomic mass is 9.95. The number of allylic oxidation sites excluding steroid dienone is 1. The molecule has 0 spiro atoms. The van der Waals surface area contributed by atoms with Crippen LogP contribution in [0.2, 0.25) is 5.02 Å². The van der Waals surface area contributed by atoms with E-state index in [1.54, 1.807) is 37.1 Å². The van der Waals surface area contributed by atoms with Crippen molar-refractivity contribution in [1.29, 1.82) is 0 Å². The number of aliphatic hydroxyl groups is 1. The molecule has 1 fully saturated rings. The van der Waals surface area contributed by atoms with E-state index in [-0.39, 0.29) is 35.8 Å². The van der Waals surface area contributed by atoms with Crippen LogP contribution in [0.5, 0.6) is 0 Å². The van der Waals surface area contributed by atoms with Crippen molar-refractivity contribution in [1.82, 2.24) is 14.3 Å². The van der Waals surface area contributed by atoms with Crippen molar-refractivity contribution in [2.75, 3.05) is 24.7 Å². The molecule has 2 aromatic rings. The maximum atomic E-state index is 13.8. The molecule has 0 radical (unpaired) electrons. The average molecular weight is 556 g/mol. The van der Waals surface area contributed by atoms with Crippen LogP contribution >= 0.6 is 23.5 Å². The van der Waals surface area contributed by atoms with Crippen LogP contribution in [-0.2, 0) is 12.8 Å². The molecular weight excluding hydrogens is 523 g/mol. The molecule has 1 saturated heterocycles. The Morgan fingerprint density at radius 1 is 1.35 bits per heavy atom. The molecule has 0 aliphatic carbocycles. The summed E-state index contributed by atoms with van der Waals surface area (Å²) in [4.78, 5) is 12.8. The highest BCUT2D eigenvalue weighted by molar-refractivity contribution is 7.96. The minimum absolute atomic E-state index is 0.00149. The van der Waals surface area contributed by atoms with Crippen LogP contribution in [-0.4, -0.2) is 50.5 Å². The monoisotopic (exact) mass is 555 g/mol. The number of nitrogens with one attached hydrogen (secondary N) is 1. The maximum Gasteiger partial charge on any atom is 0.419 e. The molecule has 1 atom stereocenters. The lowest BCUT2D eigenvalue weighted by molar-refractivity contribution is -0.138. The van der Waals surface area contributed by atoms with Gasteiger partial charge in [-0.25, -0.2) is 9.97 Å².